The zero-order chi connectivity index (χ0) is 14.1. The predicted molar refractivity (Wildman–Crippen MR) is 69.3 cm³/mol. The maximum atomic E-state index is 12.2. The van der Waals surface area contributed by atoms with Crippen LogP contribution in [0.1, 0.15) is 25.1 Å². The second-order valence-electron chi connectivity index (χ2n) is 6.02. The summed E-state index contributed by atoms with van der Waals surface area (Å²) in [5.74, 6) is -0.426. The van der Waals surface area contributed by atoms with E-state index in [2.05, 4.69) is 5.10 Å². The van der Waals surface area contributed by atoms with E-state index in [9.17, 15) is 9.59 Å². The molecule has 1 aliphatic carbocycles. The normalized spacial score (nSPS) is 27.9. The molecule has 2 aliphatic rings. The van der Waals surface area contributed by atoms with Gasteiger partial charge in [-0.05, 0) is 12.3 Å². The Bertz CT molecular complexity index is 581. The number of hydrogen-bond acceptors (Lipinski definition) is 3. The van der Waals surface area contributed by atoms with Gasteiger partial charge in [-0.3, -0.25) is 19.2 Å². The molecule has 1 aromatic rings. The van der Waals surface area contributed by atoms with Gasteiger partial charge in [0.2, 0.25) is 11.8 Å². The lowest BCUT2D eigenvalue weighted by Crippen LogP contribution is -2.35. The fourth-order valence-corrected chi connectivity index (χ4v) is 3.41. The number of aromatic nitrogens is 2. The summed E-state index contributed by atoms with van der Waals surface area (Å²) in [5, 5.41) is 4.68. The average Bonchev–Trinajstić information content (AvgIpc) is 2.67. The van der Waals surface area contributed by atoms with Crippen LogP contribution in [0.25, 0.3) is 0 Å². The Morgan fingerprint density at radius 2 is 1.79 bits per heavy atom. The largest absolute Gasteiger partial charge is 0.277 e. The summed E-state index contributed by atoms with van der Waals surface area (Å²) in [6.45, 7) is 6.01. The molecule has 0 radical (unpaired) electrons. The number of amides is 2. The Balaban J connectivity index is 1.87. The van der Waals surface area contributed by atoms with Crippen LogP contribution >= 0.6 is 11.6 Å². The Kier molecular flexibility index (Phi) is 2.40. The molecule has 0 aromatic carbocycles. The molecule has 19 heavy (non-hydrogen) atoms. The number of halogens is 1. The molecule has 2 fully saturated rings. The van der Waals surface area contributed by atoms with Gasteiger partial charge in [0.1, 0.15) is 5.15 Å². The summed E-state index contributed by atoms with van der Waals surface area (Å²) in [6.07, 6.45) is 0. The van der Waals surface area contributed by atoms with Crippen LogP contribution in [0.3, 0.4) is 0 Å². The van der Waals surface area contributed by atoms with Crippen LogP contribution in [-0.2, 0) is 23.2 Å². The summed E-state index contributed by atoms with van der Waals surface area (Å²) in [4.78, 5) is 25.8. The minimum absolute atomic E-state index is 0.0701. The number of imide groups is 1. The van der Waals surface area contributed by atoms with Gasteiger partial charge in [0.25, 0.3) is 0 Å². The quantitative estimate of drug-likeness (QED) is 0.773. The molecule has 1 aromatic heterocycles. The van der Waals surface area contributed by atoms with Gasteiger partial charge in [-0.25, -0.2) is 0 Å². The number of aryl methyl sites for hydroxylation is 2. The lowest BCUT2D eigenvalue weighted by molar-refractivity contribution is -0.143. The molecular weight excluding hydrogens is 266 g/mol. The van der Waals surface area contributed by atoms with Gasteiger partial charge in [-0.15, -0.1) is 0 Å². The van der Waals surface area contributed by atoms with Gasteiger partial charge in [0, 0.05) is 12.6 Å². The third kappa shape index (κ3) is 1.51. The fourth-order valence-electron chi connectivity index (χ4n) is 3.17. The zero-order valence-electron chi connectivity index (χ0n) is 11.4. The van der Waals surface area contributed by atoms with Crippen LogP contribution in [0.4, 0.5) is 0 Å². The second kappa shape index (κ2) is 3.60. The Hall–Kier alpha value is -1.36. The van der Waals surface area contributed by atoms with Crippen molar-refractivity contribution in [1.82, 2.24) is 14.7 Å². The monoisotopic (exact) mass is 281 g/mol. The molecule has 102 valence electrons. The van der Waals surface area contributed by atoms with Crippen LogP contribution in [-0.4, -0.2) is 26.5 Å². The highest BCUT2D eigenvalue weighted by molar-refractivity contribution is 6.30. The average molecular weight is 282 g/mol. The van der Waals surface area contributed by atoms with Crippen LogP contribution in [0.2, 0.25) is 5.15 Å². The Morgan fingerprint density at radius 1 is 1.26 bits per heavy atom. The van der Waals surface area contributed by atoms with E-state index in [1.165, 1.54) is 4.90 Å². The van der Waals surface area contributed by atoms with Crippen LogP contribution in [0, 0.1) is 24.2 Å². The first-order valence-corrected chi connectivity index (χ1v) is 6.67. The van der Waals surface area contributed by atoms with Gasteiger partial charge < -0.3 is 0 Å². The SMILES string of the molecule is Cc1nn(C)c(Cl)c1CN1C(=O)C2C(C1=O)C2(C)C. The molecule has 2 atom stereocenters. The van der Waals surface area contributed by atoms with Crippen molar-refractivity contribution in [2.24, 2.45) is 24.3 Å². The first-order chi connectivity index (χ1) is 8.76. The summed E-state index contributed by atoms with van der Waals surface area (Å²) < 4.78 is 1.56. The van der Waals surface area contributed by atoms with Gasteiger partial charge in [0.15, 0.2) is 0 Å². The third-order valence-electron chi connectivity index (χ3n) is 4.48. The lowest BCUT2D eigenvalue weighted by Gasteiger charge is -2.20. The molecule has 6 heteroatoms. The Morgan fingerprint density at radius 3 is 2.21 bits per heavy atom. The van der Waals surface area contributed by atoms with Crippen LogP contribution in [0.5, 0.6) is 0 Å². The number of piperidine rings is 1. The smallest absolute Gasteiger partial charge is 0.233 e. The van der Waals surface area contributed by atoms with Gasteiger partial charge in [-0.1, -0.05) is 25.4 Å². The molecule has 1 saturated carbocycles. The molecule has 2 heterocycles. The number of hydrogen-bond donors (Lipinski definition) is 0. The number of fused-ring (bicyclic) bond motifs is 1. The third-order valence-corrected chi connectivity index (χ3v) is 4.95. The highest BCUT2D eigenvalue weighted by atomic mass is 35.5. The van der Waals surface area contributed by atoms with Crippen molar-refractivity contribution in [3.05, 3.63) is 16.4 Å². The number of carbonyl (C=O) groups is 2. The minimum atomic E-state index is -0.168. The van der Waals surface area contributed by atoms with E-state index in [1.54, 1.807) is 11.7 Å². The molecule has 0 spiro atoms. The maximum Gasteiger partial charge on any atom is 0.233 e. The lowest BCUT2D eigenvalue weighted by atomic mass is 10.1. The molecule has 1 aliphatic heterocycles. The first kappa shape index (κ1) is 12.7. The molecule has 2 amide bonds. The molecule has 5 nitrogen and oxygen atoms in total. The van der Waals surface area contributed by atoms with E-state index in [0.717, 1.165) is 11.3 Å². The van der Waals surface area contributed by atoms with Crippen molar-refractivity contribution in [3.63, 3.8) is 0 Å². The molecule has 1 saturated heterocycles. The number of carbonyl (C=O) groups excluding carboxylic acids is 2. The molecule has 3 rings (SSSR count). The van der Waals surface area contributed by atoms with E-state index in [0.29, 0.717) is 5.15 Å². The number of nitrogens with zero attached hydrogens (tertiary/aromatic N) is 3. The van der Waals surface area contributed by atoms with Crippen molar-refractivity contribution < 1.29 is 9.59 Å². The van der Waals surface area contributed by atoms with Crippen LogP contribution in [0.15, 0.2) is 0 Å². The van der Waals surface area contributed by atoms with Crippen molar-refractivity contribution in [2.75, 3.05) is 0 Å². The molecule has 0 N–H and O–H groups in total. The summed E-state index contributed by atoms with van der Waals surface area (Å²) in [6, 6.07) is 0. The second-order valence-corrected chi connectivity index (χ2v) is 6.38. The van der Waals surface area contributed by atoms with Crippen LogP contribution < -0.4 is 0 Å². The van der Waals surface area contributed by atoms with E-state index in [-0.39, 0.29) is 35.6 Å². The topological polar surface area (TPSA) is 55.2 Å². The Labute approximate surface area is 116 Å². The van der Waals surface area contributed by atoms with Crippen molar-refractivity contribution in [2.45, 2.75) is 27.3 Å². The van der Waals surface area contributed by atoms with E-state index in [1.807, 2.05) is 20.8 Å². The summed E-state index contributed by atoms with van der Waals surface area (Å²) in [7, 11) is 1.74. The summed E-state index contributed by atoms with van der Waals surface area (Å²) in [5.41, 5.74) is 1.34. The molecular formula is C13H16ClN3O2. The summed E-state index contributed by atoms with van der Waals surface area (Å²) >= 11 is 6.14. The number of rotatable bonds is 2. The predicted octanol–water partition coefficient (Wildman–Crippen LogP) is 1.52. The van der Waals surface area contributed by atoms with Gasteiger partial charge in [-0.2, -0.15) is 5.10 Å². The van der Waals surface area contributed by atoms with Crippen molar-refractivity contribution >= 4 is 23.4 Å². The van der Waals surface area contributed by atoms with Crippen molar-refractivity contribution in [3.8, 4) is 0 Å². The standard InChI is InChI=1S/C13H16ClN3O2/c1-6-7(10(14)16(4)15-6)5-17-11(18)8-9(12(17)19)13(8,2)3/h8-9H,5H2,1-4H3. The first-order valence-electron chi connectivity index (χ1n) is 6.30. The molecule has 0 bridgehead atoms. The molecule has 2 unspecified atom stereocenters. The fraction of sp³-hybridized carbons (Fsp3) is 0.615. The van der Waals surface area contributed by atoms with E-state index in [4.69, 9.17) is 11.6 Å². The highest BCUT2D eigenvalue weighted by Crippen LogP contribution is 2.63. The maximum absolute atomic E-state index is 12.2. The number of likely N-dealkylation sites (tertiary alicyclic amines) is 1. The minimum Gasteiger partial charge on any atom is -0.277 e. The van der Waals surface area contributed by atoms with Gasteiger partial charge in [0.05, 0.1) is 24.1 Å². The van der Waals surface area contributed by atoms with E-state index < -0.39 is 0 Å². The van der Waals surface area contributed by atoms with Crippen molar-refractivity contribution in [1.29, 1.82) is 0 Å². The highest BCUT2D eigenvalue weighted by Gasteiger charge is 2.72. The zero-order valence-corrected chi connectivity index (χ0v) is 12.2. The van der Waals surface area contributed by atoms with E-state index >= 15 is 0 Å². The van der Waals surface area contributed by atoms with Gasteiger partial charge >= 0.3 is 0 Å².